The molecule has 0 aromatic heterocycles. The summed E-state index contributed by atoms with van der Waals surface area (Å²) in [5, 5.41) is 9.76. The Balaban J connectivity index is 1.53. The van der Waals surface area contributed by atoms with Crippen LogP contribution in [0.2, 0.25) is 18.6 Å². The number of carbonyl (C=O) groups excluding carboxylic acids is 3. The average Bonchev–Trinajstić information content (AvgIpc) is 3.41. The van der Waals surface area contributed by atoms with Crippen LogP contribution in [0, 0.1) is 5.92 Å². The summed E-state index contributed by atoms with van der Waals surface area (Å²) >= 11 is 0. The topological polar surface area (TPSA) is 90.4 Å². The number of fused-ring (bicyclic) bond motifs is 2. The van der Waals surface area contributed by atoms with Gasteiger partial charge in [0.25, 0.3) is 5.91 Å². The number of carbonyl (C=O) groups is 3. The van der Waals surface area contributed by atoms with Crippen molar-refractivity contribution in [2.45, 2.75) is 82.3 Å². The van der Waals surface area contributed by atoms with E-state index >= 15 is 4.11 Å². The number of ether oxygens (including phenoxy) is 1. The summed E-state index contributed by atoms with van der Waals surface area (Å²) in [6, 6.07) is 15.1. The second kappa shape index (κ2) is 13.6. The average molecular weight is 636 g/mol. The zero-order valence-electron chi connectivity index (χ0n) is 26.7. The molecule has 3 heterocycles. The van der Waals surface area contributed by atoms with Gasteiger partial charge < -0.3 is 28.7 Å². The SMILES string of the molecule is C=CCN1C(=O)[C@]2(O[C@H](CC(=O)N(CCO)Cc3ccccc3)[C@@H]([Si](C)(C)F)[C@@H]2C)c2cc(N3CCCCCCC3=O)ccc21. The molecule has 2 aromatic carbocycles. The normalized spacial score (nSPS) is 25.3. The molecule has 1 spiro atoms. The lowest BCUT2D eigenvalue weighted by Crippen LogP contribution is -2.45. The fourth-order valence-corrected chi connectivity index (χ4v) is 10.2. The van der Waals surface area contributed by atoms with E-state index in [-0.39, 0.29) is 43.8 Å². The van der Waals surface area contributed by atoms with Crippen LogP contribution in [0.15, 0.2) is 61.2 Å². The smallest absolute Gasteiger partial charge is 0.264 e. The zero-order valence-corrected chi connectivity index (χ0v) is 27.7. The van der Waals surface area contributed by atoms with Crippen molar-refractivity contribution in [1.29, 1.82) is 0 Å². The number of anilines is 2. The van der Waals surface area contributed by atoms with Crippen LogP contribution in [0.5, 0.6) is 0 Å². The molecule has 45 heavy (non-hydrogen) atoms. The fraction of sp³-hybridized carbons (Fsp3) is 0.514. The number of nitrogens with zero attached hydrogens (tertiary/aromatic N) is 3. The van der Waals surface area contributed by atoms with Gasteiger partial charge in [0.15, 0.2) is 5.60 Å². The summed E-state index contributed by atoms with van der Waals surface area (Å²) in [7, 11) is -3.50. The van der Waals surface area contributed by atoms with Crippen molar-refractivity contribution < 1.29 is 28.3 Å². The van der Waals surface area contributed by atoms with Crippen LogP contribution in [0.1, 0.15) is 56.6 Å². The third-order valence-corrected chi connectivity index (χ3v) is 12.2. The highest BCUT2D eigenvalue weighted by molar-refractivity contribution is 6.72. The Kier molecular flexibility index (Phi) is 9.96. The summed E-state index contributed by atoms with van der Waals surface area (Å²) in [5.41, 5.74) is 0.733. The standard InChI is InChI=1S/C35H46FN3O5Si/c1-5-18-39-29-17-16-27(38-19-12-7-6-11-15-31(38)41)22-28(29)35(34(39)43)25(2)33(45(3,4)36)30(44-35)23-32(42)37(20-21-40)24-26-13-9-8-10-14-26/h5,8-10,13-14,16-17,22,25,30,33,40H,1,6-7,11-12,15,18-21,23-24H2,2-4H3/t25-,30+,33-,35+/m0/s1. The van der Waals surface area contributed by atoms with Gasteiger partial charge in [0.05, 0.1) is 24.8 Å². The molecule has 2 aromatic rings. The highest BCUT2D eigenvalue weighted by Gasteiger charge is 2.67. The molecule has 3 aliphatic rings. The summed E-state index contributed by atoms with van der Waals surface area (Å²) in [4.78, 5) is 46.4. The Morgan fingerprint density at radius 2 is 1.89 bits per heavy atom. The Labute approximate surface area is 267 Å². The molecule has 0 radical (unpaired) electrons. The molecule has 2 fully saturated rings. The van der Waals surface area contributed by atoms with Crippen LogP contribution in [0.4, 0.5) is 15.5 Å². The van der Waals surface area contributed by atoms with Gasteiger partial charge in [0.2, 0.25) is 20.2 Å². The fourth-order valence-electron chi connectivity index (χ4n) is 7.66. The van der Waals surface area contributed by atoms with Crippen LogP contribution in [-0.2, 0) is 31.3 Å². The van der Waals surface area contributed by atoms with Crippen molar-refractivity contribution in [1.82, 2.24) is 4.90 Å². The van der Waals surface area contributed by atoms with E-state index in [0.29, 0.717) is 36.4 Å². The number of aliphatic hydroxyl groups excluding tert-OH is 1. The van der Waals surface area contributed by atoms with E-state index in [1.165, 1.54) is 0 Å². The van der Waals surface area contributed by atoms with E-state index in [2.05, 4.69) is 6.58 Å². The lowest BCUT2D eigenvalue weighted by molar-refractivity contribution is -0.149. The van der Waals surface area contributed by atoms with Gasteiger partial charge in [-0.15, -0.1) is 6.58 Å². The molecule has 1 N–H and O–H groups in total. The molecule has 0 bridgehead atoms. The number of hydrogen-bond donors (Lipinski definition) is 1. The molecule has 3 aliphatic heterocycles. The lowest BCUT2D eigenvalue weighted by Gasteiger charge is -2.32. The summed E-state index contributed by atoms with van der Waals surface area (Å²) in [5.74, 6) is -1.08. The van der Waals surface area contributed by atoms with Crippen molar-refractivity contribution in [3.05, 3.63) is 72.3 Å². The monoisotopic (exact) mass is 635 g/mol. The van der Waals surface area contributed by atoms with Crippen LogP contribution in [0.3, 0.4) is 0 Å². The van der Waals surface area contributed by atoms with Gasteiger partial charge in [-0.3, -0.25) is 14.4 Å². The van der Waals surface area contributed by atoms with Gasteiger partial charge in [-0.25, -0.2) is 0 Å². The Morgan fingerprint density at radius 1 is 1.16 bits per heavy atom. The van der Waals surface area contributed by atoms with E-state index in [1.54, 1.807) is 33.9 Å². The van der Waals surface area contributed by atoms with Gasteiger partial charge in [-0.2, -0.15) is 0 Å². The number of amides is 3. The third kappa shape index (κ3) is 6.37. The Bertz CT molecular complexity index is 1420. The minimum Gasteiger partial charge on any atom is -0.395 e. The zero-order chi connectivity index (χ0) is 32.4. The largest absolute Gasteiger partial charge is 0.395 e. The highest BCUT2D eigenvalue weighted by atomic mass is 28.4. The molecule has 242 valence electrons. The maximum Gasteiger partial charge on any atom is 0.264 e. The van der Waals surface area contributed by atoms with Crippen molar-refractivity contribution >= 4 is 37.5 Å². The van der Waals surface area contributed by atoms with E-state index in [0.717, 1.165) is 31.2 Å². The van der Waals surface area contributed by atoms with Crippen LogP contribution in [0.25, 0.3) is 0 Å². The molecule has 3 amide bonds. The molecule has 8 nitrogen and oxygen atoms in total. The first-order chi connectivity index (χ1) is 21.5. The highest BCUT2D eigenvalue weighted by Crippen LogP contribution is 2.60. The van der Waals surface area contributed by atoms with Crippen molar-refractivity contribution in [2.24, 2.45) is 5.92 Å². The van der Waals surface area contributed by atoms with E-state index < -0.39 is 31.6 Å². The Hall–Kier alpha value is -3.34. The number of halogens is 1. The van der Waals surface area contributed by atoms with E-state index in [1.807, 2.05) is 55.5 Å². The molecular weight excluding hydrogens is 589 g/mol. The molecule has 5 rings (SSSR count). The first-order valence-electron chi connectivity index (χ1n) is 16.2. The number of rotatable bonds is 10. The Morgan fingerprint density at radius 3 is 2.58 bits per heavy atom. The number of aliphatic hydroxyl groups is 1. The minimum atomic E-state index is -3.50. The molecule has 0 aliphatic carbocycles. The predicted octanol–water partition coefficient (Wildman–Crippen LogP) is 5.70. The van der Waals surface area contributed by atoms with Crippen molar-refractivity contribution in [3.8, 4) is 0 Å². The number of hydrogen-bond acceptors (Lipinski definition) is 5. The first-order valence-corrected chi connectivity index (χ1v) is 19.2. The van der Waals surface area contributed by atoms with Gasteiger partial charge in [-0.1, -0.05) is 56.2 Å². The van der Waals surface area contributed by atoms with E-state index in [9.17, 15) is 19.5 Å². The van der Waals surface area contributed by atoms with Gasteiger partial charge in [-0.05, 0) is 49.7 Å². The first kappa shape index (κ1) is 33.0. The summed E-state index contributed by atoms with van der Waals surface area (Å²) in [6.45, 7) is 10.0. The second-order valence-electron chi connectivity index (χ2n) is 13.1. The maximum absolute atomic E-state index is 16.3. The van der Waals surface area contributed by atoms with E-state index in [4.69, 9.17) is 4.74 Å². The molecule has 2 saturated heterocycles. The van der Waals surface area contributed by atoms with Crippen LogP contribution in [-0.4, -0.2) is 68.5 Å². The predicted molar refractivity (Wildman–Crippen MR) is 176 cm³/mol. The number of benzene rings is 2. The van der Waals surface area contributed by atoms with Gasteiger partial charge in [0, 0.05) is 55.3 Å². The van der Waals surface area contributed by atoms with Crippen LogP contribution >= 0.6 is 0 Å². The molecule has 4 atom stereocenters. The second-order valence-corrected chi connectivity index (χ2v) is 16.9. The lowest BCUT2D eigenvalue weighted by atomic mass is 9.82. The quantitative estimate of drug-likeness (QED) is 0.206. The minimum absolute atomic E-state index is 0.0531. The van der Waals surface area contributed by atoms with Crippen molar-refractivity contribution in [2.75, 3.05) is 36.0 Å². The summed E-state index contributed by atoms with van der Waals surface area (Å²) in [6.07, 6.45) is 4.99. The van der Waals surface area contributed by atoms with Crippen molar-refractivity contribution in [3.63, 3.8) is 0 Å². The van der Waals surface area contributed by atoms with Gasteiger partial charge in [0.1, 0.15) is 0 Å². The molecule has 0 unspecified atom stereocenters. The maximum atomic E-state index is 16.3. The molecular formula is C35H46FN3O5Si. The van der Waals surface area contributed by atoms with Crippen LogP contribution < -0.4 is 9.80 Å². The third-order valence-electron chi connectivity index (χ3n) is 9.71. The molecule has 10 heteroatoms. The van der Waals surface area contributed by atoms with Gasteiger partial charge >= 0.3 is 0 Å². The summed E-state index contributed by atoms with van der Waals surface area (Å²) < 4.78 is 23.1. The molecule has 0 saturated carbocycles.